The highest BCUT2D eigenvalue weighted by Gasteiger charge is 2.75. The van der Waals surface area contributed by atoms with Crippen LogP contribution in [-0.4, -0.2) is 70.8 Å². The lowest BCUT2D eigenvalue weighted by Crippen LogP contribution is -2.59. The minimum absolute atomic E-state index is 0.0816. The van der Waals surface area contributed by atoms with Gasteiger partial charge in [-0.25, -0.2) is 0 Å². The van der Waals surface area contributed by atoms with E-state index in [-0.39, 0.29) is 36.3 Å². The number of nitrogens with one attached hydrogen (secondary N) is 2. The lowest BCUT2D eigenvalue weighted by molar-refractivity contribution is -0.146. The number of ether oxygens (including phenoxy) is 2. The van der Waals surface area contributed by atoms with Crippen molar-refractivity contribution in [2.75, 3.05) is 18.5 Å². The van der Waals surface area contributed by atoms with Crippen molar-refractivity contribution in [3.63, 3.8) is 0 Å². The zero-order valence-corrected chi connectivity index (χ0v) is 21.1. The van der Waals surface area contributed by atoms with E-state index in [1.807, 2.05) is 34.6 Å². The molecule has 1 spiro atoms. The van der Waals surface area contributed by atoms with Crippen molar-refractivity contribution < 1.29 is 29.0 Å². The number of amides is 3. The van der Waals surface area contributed by atoms with Crippen molar-refractivity contribution in [3.05, 3.63) is 24.3 Å². The van der Waals surface area contributed by atoms with Gasteiger partial charge in [0.2, 0.25) is 17.7 Å². The molecule has 3 heterocycles. The first-order valence-corrected chi connectivity index (χ1v) is 12.6. The van der Waals surface area contributed by atoms with E-state index in [1.54, 1.807) is 24.3 Å². The van der Waals surface area contributed by atoms with Crippen LogP contribution in [-0.2, 0) is 19.1 Å². The fourth-order valence-electron chi connectivity index (χ4n) is 6.06. The molecule has 1 aromatic rings. The van der Waals surface area contributed by atoms with Gasteiger partial charge in [0.1, 0.15) is 17.4 Å². The maximum absolute atomic E-state index is 13.9. The number of fused-ring (bicyclic) bond motifs is 1. The molecule has 2 bridgehead atoms. The molecule has 0 aromatic heterocycles. The average Bonchev–Trinajstić information content (AvgIpc) is 3.43. The molecule has 1 aromatic carbocycles. The number of nitrogens with zero attached hydrogens (tertiary/aromatic N) is 1. The van der Waals surface area contributed by atoms with E-state index in [1.165, 1.54) is 4.90 Å². The molecular weight excluding hydrogens is 450 g/mol. The molecular formula is C26H37N3O6. The predicted molar refractivity (Wildman–Crippen MR) is 130 cm³/mol. The van der Waals surface area contributed by atoms with E-state index in [0.29, 0.717) is 30.9 Å². The molecule has 0 radical (unpaired) electrons. The molecule has 6 atom stereocenters. The summed E-state index contributed by atoms with van der Waals surface area (Å²) < 4.78 is 11.9. The van der Waals surface area contributed by atoms with Gasteiger partial charge in [-0.05, 0) is 63.8 Å². The van der Waals surface area contributed by atoms with Gasteiger partial charge < -0.3 is 30.1 Å². The number of likely N-dealkylation sites (tertiary alicyclic amines) is 1. The number of rotatable bonds is 9. The third-order valence-electron chi connectivity index (χ3n) is 7.47. The summed E-state index contributed by atoms with van der Waals surface area (Å²) in [7, 11) is 0. The van der Waals surface area contributed by atoms with Crippen LogP contribution in [0.5, 0.6) is 5.75 Å². The van der Waals surface area contributed by atoms with Crippen molar-refractivity contribution in [1.82, 2.24) is 10.2 Å². The van der Waals surface area contributed by atoms with Gasteiger partial charge >= 0.3 is 0 Å². The molecule has 192 valence electrons. The van der Waals surface area contributed by atoms with Crippen LogP contribution in [0.15, 0.2) is 24.3 Å². The molecule has 3 aliphatic heterocycles. The predicted octanol–water partition coefficient (Wildman–Crippen LogP) is 1.94. The van der Waals surface area contributed by atoms with E-state index >= 15 is 0 Å². The minimum atomic E-state index is -1.08. The number of benzene rings is 1. The molecule has 3 fully saturated rings. The van der Waals surface area contributed by atoms with Crippen LogP contribution in [0, 0.1) is 17.8 Å². The summed E-state index contributed by atoms with van der Waals surface area (Å²) in [6, 6.07) is 5.50. The first-order valence-electron chi connectivity index (χ1n) is 12.6. The quantitative estimate of drug-likeness (QED) is 0.490. The highest BCUT2D eigenvalue weighted by atomic mass is 16.5. The SMILES string of the molecule is CCOc1ccc(NC(=O)[C@@H]2[C@H]3C(=O)N([C@@H](CO)C(C)C)C(C(=O)NC(C)C)C34CC[C@H]2O4)cc1. The average molecular weight is 488 g/mol. The van der Waals surface area contributed by atoms with Crippen LogP contribution in [0.3, 0.4) is 0 Å². The van der Waals surface area contributed by atoms with Crippen LogP contribution in [0.4, 0.5) is 5.69 Å². The summed E-state index contributed by atoms with van der Waals surface area (Å²) in [5, 5.41) is 16.0. The minimum Gasteiger partial charge on any atom is -0.494 e. The second-order valence-corrected chi connectivity index (χ2v) is 10.4. The van der Waals surface area contributed by atoms with Gasteiger partial charge in [-0.3, -0.25) is 14.4 Å². The molecule has 35 heavy (non-hydrogen) atoms. The Bertz CT molecular complexity index is 964. The monoisotopic (exact) mass is 487 g/mol. The standard InChI is InChI=1S/C26H37N3O6/c1-6-34-17-9-7-16(8-10-17)28-23(31)20-19-11-12-26(35-19)21(20)25(33)29(18(13-30)14(2)3)22(26)24(32)27-15(4)5/h7-10,14-15,18-22,30H,6,11-13H2,1-5H3,(H,27,32)(H,28,31)/t18-,19+,20-,21-,22?,26?/m0/s1. The van der Waals surface area contributed by atoms with Crippen molar-refractivity contribution >= 4 is 23.4 Å². The summed E-state index contributed by atoms with van der Waals surface area (Å²) in [4.78, 5) is 42.4. The smallest absolute Gasteiger partial charge is 0.246 e. The Morgan fingerprint density at radius 1 is 1.20 bits per heavy atom. The van der Waals surface area contributed by atoms with Crippen molar-refractivity contribution in [3.8, 4) is 5.75 Å². The van der Waals surface area contributed by atoms with Crippen LogP contribution in [0.2, 0.25) is 0 Å². The van der Waals surface area contributed by atoms with Gasteiger partial charge in [-0.15, -0.1) is 0 Å². The lowest BCUT2D eigenvalue weighted by atomic mass is 9.70. The van der Waals surface area contributed by atoms with Gasteiger partial charge in [0, 0.05) is 11.7 Å². The molecule has 9 nitrogen and oxygen atoms in total. The number of hydrogen-bond donors (Lipinski definition) is 3. The summed E-state index contributed by atoms with van der Waals surface area (Å²) in [5.41, 5.74) is -0.480. The Morgan fingerprint density at radius 2 is 1.89 bits per heavy atom. The molecule has 0 aliphatic carbocycles. The van der Waals surface area contributed by atoms with Crippen molar-refractivity contribution in [2.24, 2.45) is 17.8 Å². The maximum atomic E-state index is 13.9. The van der Waals surface area contributed by atoms with Crippen LogP contribution in [0.25, 0.3) is 0 Å². The molecule has 9 heteroatoms. The fraction of sp³-hybridized carbons (Fsp3) is 0.654. The lowest BCUT2D eigenvalue weighted by Gasteiger charge is -2.38. The zero-order valence-electron chi connectivity index (χ0n) is 21.1. The van der Waals surface area contributed by atoms with Gasteiger partial charge in [-0.1, -0.05) is 13.8 Å². The zero-order chi connectivity index (χ0) is 25.5. The van der Waals surface area contributed by atoms with Gasteiger partial charge in [0.05, 0.1) is 37.2 Å². The number of aliphatic hydroxyl groups excluding tert-OH is 1. The highest BCUT2D eigenvalue weighted by Crippen LogP contribution is 2.59. The van der Waals surface area contributed by atoms with Crippen LogP contribution in [0.1, 0.15) is 47.5 Å². The molecule has 0 saturated carbocycles. The largest absolute Gasteiger partial charge is 0.494 e. The Hall–Kier alpha value is -2.65. The molecule has 4 rings (SSSR count). The third kappa shape index (κ3) is 4.29. The second-order valence-electron chi connectivity index (χ2n) is 10.4. The molecule has 3 aliphatic rings. The molecule has 3 saturated heterocycles. The molecule has 3 N–H and O–H groups in total. The van der Waals surface area contributed by atoms with Crippen molar-refractivity contribution in [2.45, 2.75) is 77.3 Å². The van der Waals surface area contributed by atoms with Crippen LogP contribution >= 0.6 is 0 Å². The summed E-state index contributed by atoms with van der Waals surface area (Å²) in [6.45, 7) is 9.71. The maximum Gasteiger partial charge on any atom is 0.246 e. The Balaban J connectivity index is 1.66. The van der Waals surface area contributed by atoms with Crippen molar-refractivity contribution in [1.29, 1.82) is 0 Å². The van der Waals surface area contributed by atoms with E-state index < -0.39 is 35.6 Å². The topological polar surface area (TPSA) is 117 Å². The van der Waals surface area contributed by atoms with Gasteiger partial charge in [0.15, 0.2) is 0 Å². The molecule has 3 amide bonds. The third-order valence-corrected chi connectivity index (χ3v) is 7.47. The fourth-order valence-corrected chi connectivity index (χ4v) is 6.06. The number of aliphatic hydroxyl groups is 1. The highest BCUT2D eigenvalue weighted by molar-refractivity contribution is 6.02. The normalized spacial score (nSPS) is 30.1. The molecule has 2 unspecified atom stereocenters. The van der Waals surface area contributed by atoms with E-state index in [9.17, 15) is 19.5 Å². The Kier molecular flexibility index (Phi) is 7.11. The number of anilines is 1. The summed E-state index contributed by atoms with van der Waals surface area (Å²) >= 11 is 0. The number of hydrogen-bond acceptors (Lipinski definition) is 6. The summed E-state index contributed by atoms with van der Waals surface area (Å²) in [6.07, 6.45) is 0.675. The first kappa shape index (κ1) is 25.4. The number of carbonyl (C=O) groups excluding carboxylic acids is 3. The second kappa shape index (κ2) is 9.78. The van der Waals surface area contributed by atoms with Gasteiger partial charge in [-0.2, -0.15) is 0 Å². The Morgan fingerprint density at radius 3 is 2.46 bits per heavy atom. The first-order chi connectivity index (χ1) is 16.6. The summed E-state index contributed by atoms with van der Waals surface area (Å²) in [5.74, 6) is -1.76. The Labute approximate surface area is 206 Å². The van der Waals surface area contributed by atoms with Crippen LogP contribution < -0.4 is 15.4 Å². The number of carbonyl (C=O) groups is 3. The van der Waals surface area contributed by atoms with E-state index in [0.717, 1.165) is 0 Å². The van der Waals surface area contributed by atoms with E-state index in [4.69, 9.17) is 9.47 Å². The van der Waals surface area contributed by atoms with E-state index in [2.05, 4.69) is 10.6 Å². The van der Waals surface area contributed by atoms with Gasteiger partial charge in [0.25, 0.3) is 0 Å².